The molecule has 0 saturated carbocycles. The molecule has 11 heteroatoms. The molecule has 2 unspecified atom stereocenters. The Labute approximate surface area is 153 Å². The Kier molecular flexibility index (Phi) is 6.32. The van der Waals surface area contributed by atoms with Crippen molar-refractivity contribution in [3.63, 3.8) is 0 Å². The lowest BCUT2D eigenvalue weighted by molar-refractivity contribution is -0.157. The quantitative estimate of drug-likeness (QED) is 0.719. The van der Waals surface area contributed by atoms with E-state index in [1.807, 2.05) is 0 Å². The molecule has 0 spiro atoms. The number of nitrogens with zero attached hydrogens (tertiary/aromatic N) is 3. The van der Waals surface area contributed by atoms with Crippen LogP contribution in [0.2, 0.25) is 0 Å². The van der Waals surface area contributed by atoms with E-state index in [9.17, 15) is 32.3 Å². The van der Waals surface area contributed by atoms with Crippen molar-refractivity contribution in [2.24, 2.45) is 11.8 Å². The number of likely N-dealkylation sites (tertiary alicyclic amines) is 2. The molecule has 3 amide bonds. The second-order valence-electron chi connectivity index (χ2n) is 7.00. The number of likely N-dealkylation sites (N-methyl/N-ethyl adjacent to an activating group) is 1. The molecular formula is C16H22F3N3O5. The molecule has 2 aliphatic rings. The van der Waals surface area contributed by atoms with E-state index in [2.05, 4.69) is 0 Å². The average Bonchev–Trinajstić information content (AvgIpc) is 2.93. The molecule has 2 heterocycles. The Bertz CT molecular complexity index is 625. The van der Waals surface area contributed by atoms with Crippen LogP contribution in [0.3, 0.4) is 0 Å². The van der Waals surface area contributed by atoms with Gasteiger partial charge in [-0.25, -0.2) is 0 Å². The van der Waals surface area contributed by atoms with E-state index in [0.717, 1.165) is 4.90 Å². The van der Waals surface area contributed by atoms with Crippen molar-refractivity contribution in [1.82, 2.24) is 14.7 Å². The molecule has 8 nitrogen and oxygen atoms in total. The summed E-state index contributed by atoms with van der Waals surface area (Å²) in [4.78, 5) is 50.5. The molecule has 2 rings (SSSR count). The highest BCUT2D eigenvalue weighted by atomic mass is 19.4. The smallest absolute Gasteiger partial charge is 0.406 e. The summed E-state index contributed by atoms with van der Waals surface area (Å²) in [5.41, 5.74) is 0. The molecule has 0 aliphatic carbocycles. The first kappa shape index (κ1) is 21.0. The number of carboxylic acid groups (broad SMARTS) is 1. The van der Waals surface area contributed by atoms with Crippen molar-refractivity contribution < 1.29 is 37.5 Å². The van der Waals surface area contributed by atoms with Crippen LogP contribution in [0.4, 0.5) is 13.2 Å². The molecule has 0 bridgehead atoms. The van der Waals surface area contributed by atoms with E-state index in [1.54, 1.807) is 0 Å². The van der Waals surface area contributed by atoms with E-state index in [0.29, 0.717) is 24.3 Å². The molecular weight excluding hydrogens is 371 g/mol. The molecule has 0 aromatic heterocycles. The normalized spacial score (nSPS) is 23.5. The van der Waals surface area contributed by atoms with Crippen molar-refractivity contribution in [3.05, 3.63) is 0 Å². The minimum absolute atomic E-state index is 0.0669. The lowest BCUT2D eigenvalue weighted by atomic mass is 9.98. The number of carbonyl (C=O) groups is 4. The van der Waals surface area contributed by atoms with E-state index >= 15 is 0 Å². The summed E-state index contributed by atoms with van der Waals surface area (Å²) in [6.07, 6.45) is -3.83. The Hall–Kier alpha value is -2.33. The van der Waals surface area contributed by atoms with Gasteiger partial charge in [-0.15, -0.1) is 0 Å². The van der Waals surface area contributed by atoms with Crippen LogP contribution in [0.25, 0.3) is 0 Å². The monoisotopic (exact) mass is 393 g/mol. The largest absolute Gasteiger partial charge is 0.481 e. The van der Waals surface area contributed by atoms with Crippen molar-refractivity contribution in [1.29, 1.82) is 0 Å². The predicted octanol–water partition coefficient (Wildman–Crippen LogP) is 0.179. The molecule has 0 radical (unpaired) electrons. The van der Waals surface area contributed by atoms with Gasteiger partial charge in [0.25, 0.3) is 0 Å². The van der Waals surface area contributed by atoms with Crippen molar-refractivity contribution in [2.45, 2.75) is 25.4 Å². The third-order valence-corrected chi connectivity index (χ3v) is 4.81. The number of carboxylic acids is 1. The van der Waals surface area contributed by atoms with E-state index in [4.69, 9.17) is 5.11 Å². The molecule has 2 saturated heterocycles. The standard InChI is InChI=1S/C16H22F3N3O5/c1-20(8-13(24)21-4-2-3-10(6-21)15(26)27)14(25)11-5-12(23)22(7-11)9-16(17,18)19/h10-11H,2-9H2,1H3,(H,26,27). The fourth-order valence-electron chi connectivity index (χ4n) is 3.40. The number of amides is 3. The maximum atomic E-state index is 12.5. The van der Waals surface area contributed by atoms with E-state index < -0.39 is 48.2 Å². The zero-order valence-corrected chi connectivity index (χ0v) is 14.9. The summed E-state index contributed by atoms with van der Waals surface area (Å²) in [5, 5.41) is 9.06. The highest BCUT2D eigenvalue weighted by molar-refractivity contribution is 5.91. The zero-order valence-electron chi connectivity index (χ0n) is 14.9. The number of halogens is 3. The second kappa shape index (κ2) is 8.13. The minimum Gasteiger partial charge on any atom is -0.481 e. The van der Waals surface area contributed by atoms with Crippen LogP contribution in [0, 0.1) is 11.8 Å². The summed E-state index contributed by atoms with van der Waals surface area (Å²) in [6.45, 7) is -1.58. The van der Waals surface area contributed by atoms with Crippen LogP contribution >= 0.6 is 0 Å². The molecule has 2 aliphatic heterocycles. The van der Waals surface area contributed by atoms with Gasteiger partial charge in [-0.2, -0.15) is 13.2 Å². The number of piperidine rings is 1. The van der Waals surface area contributed by atoms with Crippen LogP contribution in [0.1, 0.15) is 19.3 Å². The van der Waals surface area contributed by atoms with Crippen molar-refractivity contribution >= 4 is 23.7 Å². The van der Waals surface area contributed by atoms with Gasteiger partial charge in [0.2, 0.25) is 17.7 Å². The Morgan fingerprint density at radius 3 is 2.48 bits per heavy atom. The van der Waals surface area contributed by atoms with Crippen molar-refractivity contribution in [2.75, 3.05) is 39.8 Å². The second-order valence-corrected chi connectivity index (χ2v) is 7.00. The lowest BCUT2D eigenvalue weighted by Crippen LogP contribution is -2.48. The average molecular weight is 393 g/mol. The molecule has 152 valence electrons. The van der Waals surface area contributed by atoms with Crippen LogP contribution in [-0.4, -0.2) is 89.4 Å². The van der Waals surface area contributed by atoms with Crippen molar-refractivity contribution in [3.8, 4) is 0 Å². The first-order chi connectivity index (χ1) is 12.5. The number of alkyl halides is 3. The topological polar surface area (TPSA) is 98.2 Å². The first-order valence-electron chi connectivity index (χ1n) is 8.58. The summed E-state index contributed by atoms with van der Waals surface area (Å²) in [6, 6.07) is 0. The van der Waals surface area contributed by atoms with Gasteiger partial charge in [0, 0.05) is 33.1 Å². The van der Waals surface area contributed by atoms with Crippen LogP contribution < -0.4 is 0 Å². The maximum Gasteiger partial charge on any atom is 0.406 e. The van der Waals surface area contributed by atoms with Gasteiger partial charge in [-0.1, -0.05) is 0 Å². The van der Waals surface area contributed by atoms with Crippen LogP contribution in [0.15, 0.2) is 0 Å². The summed E-state index contributed by atoms with van der Waals surface area (Å²) >= 11 is 0. The molecule has 2 atom stereocenters. The predicted molar refractivity (Wildman–Crippen MR) is 85.3 cm³/mol. The van der Waals surface area contributed by atoms with Gasteiger partial charge in [0.15, 0.2) is 0 Å². The number of rotatable bonds is 5. The third-order valence-electron chi connectivity index (χ3n) is 4.81. The number of carbonyl (C=O) groups excluding carboxylic acids is 3. The number of hydrogen-bond acceptors (Lipinski definition) is 4. The SMILES string of the molecule is CN(CC(=O)N1CCCC(C(=O)O)C1)C(=O)C1CC(=O)N(CC(F)(F)F)C1. The van der Waals surface area contributed by atoms with Gasteiger partial charge >= 0.3 is 12.1 Å². The third kappa shape index (κ3) is 5.57. The van der Waals surface area contributed by atoms with Gasteiger partial charge in [0.05, 0.1) is 18.4 Å². The lowest BCUT2D eigenvalue weighted by Gasteiger charge is -2.32. The fraction of sp³-hybridized carbons (Fsp3) is 0.750. The van der Waals surface area contributed by atoms with Crippen LogP contribution in [-0.2, 0) is 19.2 Å². The molecule has 1 N–H and O–H groups in total. The first-order valence-corrected chi connectivity index (χ1v) is 8.58. The summed E-state index contributed by atoms with van der Waals surface area (Å²) in [7, 11) is 1.34. The fourth-order valence-corrected chi connectivity index (χ4v) is 3.40. The highest BCUT2D eigenvalue weighted by Gasteiger charge is 2.41. The van der Waals surface area contributed by atoms with E-state index in [1.165, 1.54) is 11.9 Å². The highest BCUT2D eigenvalue weighted by Crippen LogP contribution is 2.25. The minimum atomic E-state index is -4.54. The Balaban J connectivity index is 1.89. The molecule has 27 heavy (non-hydrogen) atoms. The van der Waals surface area contributed by atoms with Gasteiger partial charge in [-0.3, -0.25) is 19.2 Å². The van der Waals surface area contributed by atoms with E-state index in [-0.39, 0.29) is 26.1 Å². The molecule has 2 fully saturated rings. The zero-order chi connectivity index (χ0) is 20.4. The molecule has 0 aromatic rings. The summed E-state index contributed by atoms with van der Waals surface area (Å²) < 4.78 is 37.4. The Morgan fingerprint density at radius 2 is 1.89 bits per heavy atom. The number of hydrogen-bond donors (Lipinski definition) is 1. The Morgan fingerprint density at radius 1 is 1.22 bits per heavy atom. The van der Waals surface area contributed by atoms with Gasteiger partial charge < -0.3 is 19.8 Å². The van der Waals surface area contributed by atoms with Crippen LogP contribution in [0.5, 0.6) is 0 Å². The molecule has 0 aromatic carbocycles. The maximum absolute atomic E-state index is 12.5. The van der Waals surface area contributed by atoms with Gasteiger partial charge in [0.1, 0.15) is 6.54 Å². The number of aliphatic carboxylic acids is 1. The van der Waals surface area contributed by atoms with Gasteiger partial charge in [-0.05, 0) is 12.8 Å². The summed E-state index contributed by atoms with van der Waals surface area (Å²) in [5.74, 6) is -4.30.